The second-order valence-corrected chi connectivity index (χ2v) is 6.25. The van der Waals surface area contributed by atoms with Gasteiger partial charge in [-0.25, -0.2) is 0 Å². The molecule has 2 atom stereocenters. The largest absolute Gasteiger partial charge is 0.378 e. The zero-order chi connectivity index (χ0) is 13.8. The highest BCUT2D eigenvalue weighted by molar-refractivity contribution is 9.10. The lowest BCUT2D eigenvalue weighted by Crippen LogP contribution is -2.28. The number of nitrogens with zero attached hydrogens (tertiary/aromatic N) is 2. The molecule has 0 bridgehead atoms. The number of hydrogen-bond donors (Lipinski definition) is 1. The molecular formula is C14H24BrN3O. The number of aromatic nitrogens is 2. The van der Waals surface area contributed by atoms with Crippen molar-refractivity contribution in [2.75, 3.05) is 13.2 Å². The molecule has 0 aliphatic carbocycles. The van der Waals surface area contributed by atoms with Gasteiger partial charge in [-0.2, -0.15) is 5.10 Å². The van der Waals surface area contributed by atoms with Crippen LogP contribution < -0.4 is 5.32 Å². The second kappa shape index (κ2) is 6.86. The minimum Gasteiger partial charge on any atom is -0.378 e. The van der Waals surface area contributed by atoms with Gasteiger partial charge in [0, 0.05) is 12.6 Å². The number of nitrogens with one attached hydrogen (secondary N) is 1. The first-order valence-electron chi connectivity index (χ1n) is 7.21. The topological polar surface area (TPSA) is 39.1 Å². The number of halogens is 1. The molecule has 1 aliphatic rings. The average Bonchev–Trinajstić information content (AvgIpc) is 2.97. The molecule has 0 spiro atoms. The third-order valence-electron chi connectivity index (χ3n) is 3.58. The Morgan fingerprint density at radius 3 is 2.95 bits per heavy atom. The van der Waals surface area contributed by atoms with Crippen LogP contribution in [0.2, 0.25) is 0 Å². The predicted octanol–water partition coefficient (Wildman–Crippen LogP) is 3.45. The lowest BCUT2D eigenvalue weighted by molar-refractivity contribution is 0.0935. The fourth-order valence-electron chi connectivity index (χ4n) is 2.72. The first kappa shape index (κ1) is 15.0. The van der Waals surface area contributed by atoms with Crippen molar-refractivity contribution < 1.29 is 4.74 Å². The van der Waals surface area contributed by atoms with Crippen LogP contribution in [0.3, 0.4) is 0 Å². The van der Waals surface area contributed by atoms with Crippen molar-refractivity contribution in [1.29, 1.82) is 0 Å². The SMILES string of the molecule is CCNC(CC1CCCO1)c1c(Br)cnn1C(C)C. The third kappa shape index (κ3) is 3.58. The Labute approximate surface area is 124 Å². The van der Waals surface area contributed by atoms with Crippen LogP contribution >= 0.6 is 15.9 Å². The molecule has 1 aromatic heterocycles. The first-order valence-corrected chi connectivity index (χ1v) is 8.00. The van der Waals surface area contributed by atoms with Gasteiger partial charge in [0.2, 0.25) is 0 Å². The summed E-state index contributed by atoms with van der Waals surface area (Å²) < 4.78 is 8.97. The lowest BCUT2D eigenvalue weighted by atomic mass is 10.0. The summed E-state index contributed by atoms with van der Waals surface area (Å²) in [5.74, 6) is 0. The van der Waals surface area contributed by atoms with Crippen molar-refractivity contribution in [1.82, 2.24) is 15.1 Å². The molecule has 0 amide bonds. The Kier molecular flexibility index (Phi) is 5.42. The van der Waals surface area contributed by atoms with Crippen LogP contribution in [0.1, 0.15) is 57.8 Å². The van der Waals surface area contributed by atoms with Gasteiger partial charge in [0.25, 0.3) is 0 Å². The van der Waals surface area contributed by atoms with Crippen LogP contribution in [-0.4, -0.2) is 29.0 Å². The second-order valence-electron chi connectivity index (χ2n) is 5.40. The van der Waals surface area contributed by atoms with Crippen LogP contribution in [0.25, 0.3) is 0 Å². The van der Waals surface area contributed by atoms with Crippen LogP contribution in [0.15, 0.2) is 10.7 Å². The van der Waals surface area contributed by atoms with Gasteiger partial charge >= 0.3 is 0 Å². The Bertz CT molecular complexity index is 399. The van der Waals surface area contributed by atoms with Crippen molar-refractivity contribution in [3.63, 3.8) is 0 Å². The first-order chi connectivity index (χ1) is 9.13. The van der Waals surface area contributed by atoms with E-state index in [1.165, 1.54) is 18.5 Å². The smallest absolute Gasteiger partial charge is 0.0699 e. The molecule has 1 N–H and O–H groups in total. The molecular weight excluding hydrogens is 306 g/mol. The van der Waals surface area contributed by atoms with Gasteiger partial charge in [-0.05, 0) is 55.6 Å². The summed E-state index contributed by atoms with van der Waals surface area (Å²) in [4.78, 5) is 0. The molecule has 1 aliphatic heterocycles. The van der Waals surface area contributed by atoms with E-state index in [4.69, 9.17) is 4.74 Å². The molecule has 1 fully saturated rings. The average molecular weight is 330 g/mol. The minimum atomic E-state index is 0.298. The Balaban J connectivity index is 2.19. The Morgan fingerprint density at radius 2 is 2.37 bits per heavy atom. The molecule has 5 heteroatoms. The maximum atomic E-state index is 5.78. The molecule has 19 heavy (non-hydrogen) atoms. The zero-order valence-electron chi connectivity index (χ0n) is 12.0. The van der Waals surface area contributed by atoms with E-state index >= 15 is 0 Å². The highest BCUT2D eigenvalue weighted by atomic mass is 79.9. The molecule has 4 nitrogen and oxygen atoms in total. The lowest BCUT2D eigenvalue weighted by Gasteiger charge is -2.24. The van der Waals surface area contributed by atoms with Crippen molar-refractivity contribution in [3.8, 4) is 0 Å². The maximum absolute atomic E-state index is 5.78. The van der Waals surface area contributed by atoms with Crippen LogP contribution in [0, 0.1) is 0 Å². The van der Waals surface area contributed by atoms with E-state index in [1.54, 1.807) is 0 Å². The molecule has 108 valence electrons. The van der Waals surface area contributed by atoms with Crippen molar-refractivity contribution in [3.05, 3.63) is 16.4 Å². The summed E-state index contributed by atoms with van der Waals surface area (Å²) in [6, 6.07) is 0.666. The zero-order valence-corrected chi connectivity index (χ0v) is 13.6. The standard InChI is InChI=1S/C14H24BrN3O/c1-4-16-13(8-11-6-5-7-19-11)14-12(15)9-17-18(14)10(2)3/h9-11,13,16H,4-8H2,1-3H3. The Morgan fingerprint density at radius 1 is 1.58 bits per heavy atom. The van der Waals surface area contributed by atoms with Crippen LogP contribution in [0.4, 0.5) is 0 Å². The van der Waals surface area contributed by atoms with Gasteiger partial charge in [-0.3, -0.25) is 4.68 Å². The molecule has 2 unspecified atom stereocenters. The van der Waals surface area contributed by atoms with E-state index in [2.05, 4.69) is 51.8 Å². The fraction of sp³-hybridized carbons (Fsp3) is 0.786. The summed E-state index contributed by atoms with van der Waals surface area (Å²) in [5, 5.41) is 8.06. The van der Waals surface area contributed by atoms with E-state index in [0.717, 1.165) is 24.0 Å². The van der Waals surface area contributed by atoms with E-state index in [1.807, 2.05) is 6.20 Å². The summed E-state index contributed by atoms with van der Waals surface area (Å²) in [5.41, 5.74) is 1.24. The van der Waals surface area contributed by atoms with Gasteiger partial charge in [0.1, 0.15) is 0 Å². The van der Waals surface area contributed by atoms with E-state index < -0.39 is 0 Å². The van der Waals surface area contributed by atoms with Crippen molar-refractivity contribution in [2.45, 2.75) is 58.2 Å². The molecule has 2 rings (SSSR count). The van der Waals surface area contributed by atoms with Crippen LogP contribution in [-0.2, 0) is 4.74 Å². The van der Waals surface area contributed by atoms with Gasteiger partial charge in [0.05, 0.1) is 28.5 Å². The summed E-state index contributed by atoms with van der Waals surface area (Å²) >= 11 is 3.64. The highest BCUT2D eigenvalue weighted by Crippen LogP contribution is 2.31. The number of hydrogen-bond acceptors (Lipinski definition) is 3. The molecule has 0 radical (unpaired) electrons. The molecule has 0 aromatic carbocycles. The maximum Gasteiger partial charge on any atom is 0.0699 e. The quantitative estimate of drug-likeness (QED) is 0.868. The Hall–Kier alpha value is -0.390. The monoisotopic (exact) mass is 329 g/mol. The van der Waals surface area contributed by atoms with Crippen molar-refractivity contribution >= 4 is 15.9 Å². The van der Waals surface area contributed by atoms with Gasteiger partial charge < -0.3 is 10.1 Å². The van der Waals surface area contributed by atoms with Gasteiger partial charge in [0.15, 0.2) is 0 Å². The summed E-state index contributed by atoms with van der Waals surface area (Å²) in [6.07, 6.45) is 5.66. The normalized spacial score (nSPS) is 21.2. The fourth-order valence-corrected chi connectivity index (χ4v) is 3.27. The number of ether oxygens (including phenoxy) is 1. The van der Waals surface area contributed by atoms with Gasteiger partial charge in [-0.1, -0.05) is 6.92 Å². The van der Waals surface area contributed by atoms with Crippen LogP contribution in [0.5, 0.6) is 0 Å². The molecule has 0 saturated carbocycles. The summed E-state index contributed by atoms with van der Waals surface area (Å²) in [6.45, 7) is 8.34. The molecule has 2 heterocycles. The minimum absolute atomic E-state index is 0.298. The number of rotatable bonds is 6. The molecule has 1 aromatic rings. The van der Waals surface area contributed by atoms with E-state index in [-0.39, 0.29) is 0 Å². The van der Waals surface area contributed by atoms with Gasteiger partial charge in [-0.15, -0.1) is 0 Å². The highest BCUT2D eigenvalue weighted by Gasteiger charge is 2.26. The third-order valence-corrected chi connectivity index (χ3v) is 4.19. The predicted molar refractivity (Wildman–Crippen MR) is 80.3 cm³/mol. The molecule has 1 saturated heterocycles. The van der Waals surface area contributed by atoms with Crippen molar-refractivity contribution in [2.24, 2.45) is 0 Å². The van der Waals surface area contributed by atoms with E-state index in [9.17, 15) is 0 Å². The van der Waals surface area contributed by atoms with E-state index in [0.29, 0.717) is 18.2 Å². The summed E-state index contributed by atoms with van der Waals surface area (Å²) in [7, 11) is 0.